The molecule has 0 aromatic carbocycles. The van der Waals surface area contributed by atoms with Gasteiger partial charge in [0, 0.05) is 36.9 Å². The van der Waals surface area contributed by atoms with Gasteiger partial charge in [-0.25, -0.2) is 0 Å². The topological polar surface area (TPSA) is 33.1 Å². The minimum absolute atomic E-state index is 0.504. The number of nitrogens with zero attached hydrogens (tertiary/aromatic N) is 3. The van der Waals surface area contributed by atoms with Crippen LogP contribution >= 0.6 is 0 Å². The molecule has 1 aliphatic carbocycles. The van der Waals surface area contributed by atoms with Crippen molar-refractivity contribution in [1.29, 1.82) is 0 Å². The highest BCUT2D eigenvalue weighted by atomic mass is 15.3. The third kappa shape index (κ3) is 3.23. The molecule has 1 aliphatic heterocycles. The lowest BCUT2D eigenvalue weighted by Gasteiger charge is -2.34. The fourth-order valence-corrected chi connectivity index (χ4v) is 3.37. The molecule has 1 aromatic rings. The van der Waals surface area contributed by atoms with E-state index in [1.807, 2.05) is 4.68 Å². The van der Waals surface area contributed by atoms with Crippen molar-refractivity contribution < 1.29 is 0 Å². The molecule has 0 bridgehead atoms. The van der Waals surface area contributed by atoms with Gasteiger partial charge in [-0.05, 0) is 58.5 Å². The van der Waals surface area contributed by atoms with Crippen molar-refractivity contribution >= 4 is 0 Å². The van der Waals surface area contributed by atoms with Crippen molar-refractivity contribution in [2.24, 2.45) is 5.92 Å². The Hall–Kier alpha value is -0.870. The fourth-order valence-electron chi connectivity index (χ4n) is 3.37. The van der Waals surface area contributed by atoms with Crippen LogP contribution in [0, 0.1) is 5.92 Å². The molecule has 2 fully saturated rings. The van der Waals surface area contributed by atoms with Crippen LogP contribution in [-0.2, 0) is 6.54 Å². The summed E-state index contributed by atoms with van der Waals surface area (Å²) in [4.78, 5) is 2.73. The summed E-state index contributed by atoms with van der Waals surface area (Å²) in [5.41, 5.74) is 1.38. The monoisotopic (exact) mass is 276 g/mol. The number of aromatic nitrogens is 2. The van der Waals surface area contributed by atoms with E-state index in [1.54, 1.807) is 0 Å². The van der Waals surface area contributed by atoms with Crippen LogP contribution in [0.1, 0.15) is 51.1 Å². The van der Waals surface area contributed by atoms with E-state index < -0.39 is 0 Å². The number of hydrogen-bond acceptors (Lipinski definition) is 3. The molecule has 0 radical (unpaired) electrons. The Labute approximate surface area is 122 Å². The second-order valence-electron chi connectivity index (χ2n) is 6.45. The molecule has 1 N–H and O–H groups in total. The maximum atomic E-state index is 4.44. The molecular formula is C16H28N4. The van der Waals surface area contributed by atoms with E-state index in [2.05, 4.69) is 41.6 Å². The van der Waals surface area contributed by atoms with Gasteiger partial charge in [0.05, 0.1) is 6.20 Å². The molecule has 20 heavy (non-hydrogen) atoms. The first kappa shape index (κ1) is 14.1. The fraction of sp³-hybridized carbons (Fsp3) is 0.812. The quantitative estimate of drug-likeness (QED) is 0.866. The van der Waals surface area contributed by atoms with Gasteiger partial charge >= 0.3 is 0 Å². The predicted octanol–water partition coefficient (Wildman–Crippen LogP) is 2.43. The van der Waals surface area contributed by atoms with Gasteiger partial charge in [0.1, 0.15) is 0 Å². The zero-order valence-corrected chi connectivity index (χ0v) is 12.9. The maximum Gasteiger partial charge on any atom is 0.0537 e. The number of aryl methyl sites for hydroxylation is 1. The highest BCUT2D eigenvalue weighted by molar-refractivity contribution is 5.11. The molecule has 2 unspecified atom stereocenters. The summed E-state index contributed by atoms with van der Waals surface area (Å²) >= 11 is 0. The van der Waals surface area contributed by atoms with E-state index in [0.29, 0.717) is 6.04 Å². The number of hydrogen-bond donors (Lipinski definition) is 1. The van der Waals surface area contributed by atoms with Gasteiger partial charge in [-0.15, -0.1) is 0 Å². The summed E-state index contributed by atoms with van der Waals surface area (Å²) in [7, 11) is 0. The van der Waals surface area contributed by atoms with Gasteiger partial charge in [-0.2, -0.15) is 5.10 Å². The predicted molar refractivity (Wildman–Crippen MR) is 81.6 cm³/mol. The molecule has 0 amide bonds. The van der Waals surface area contributed by atoms with E-state index in [4.69, 9.17) is 0 Å². The molecule has 4 nitrogen and oxygen atoms in total. The summed E-state index contributed by atoms with van der Waals surface area (Å²) in [6.45, 7) is 9.11. The van der Waals surface area contributed by atoms with Crippen LogP contribution in [0.4, 0.5) is 0 Å². The van der Waals surface area contributed by atoms with E-state index >= 15 is 0 Å². The van der Waals surface area contributed by atoms with Crippen molar-refractivity contribution in [1.82, 2.24) is 20.0 Å². The number of rotatable bonds is 6. The molecule has 1 saturated heterocycles. The van der Waals surface area contributed by atoms with Crippen LogP contribution in [-0.4, -0.2) is 40.4 Å². The van der Waals surface area contributed by atoms with Crippen molar-refractivity contribution in [3.8, 4) is 0 Å². The highest BCUT2D eigenvalue weighted by Crippen LogP contribution is 2.35. The van der Waals surface area contributed by atoms with Gasteiger partial charge in [0.25, 0.3) is 0 Å². The largest absolute Gasteiger partial charge is 0.316 e. The Bertz CT molecular complexity index is 418. The van der Waals surface area contributed by atoms with E-state index in [9.17, 15) is 0 Å². The van der Waals surface area contributed by atoms with Gasteiger partial charge in [0.2, 0.25) is 0 Å². The molecule has 2 heterocycles. The Kier molecular flexibility index (Phi) is 4.41. The molecule has 1 aromatic heterocycles. The minimum Gasteiger partial charge on any atom is -0.316 e. The second-order valence-corrected chi connectivity index (χ2v) is 6.45. The second kappa shape index (κ2) is 6.27. The van der Waals surface area contributed by atoms with Crippen LogP contribution in [0.5, 0.6) is 0 Å². The zero-order valence-electron chi connectivity index (χ0n) is 12.9. The Morgan fingerprint density at radius 1 is 1.45 bits per heavy atom. The minimum atomic E-state index is 0.504. The molecule has 4 heteroatoms. The third-order valence-electron chi connectivity index (χ3n) is 4.84. The molecular weight excluding hydrogens is 248 g/mol. The van der Waals surface area contributed by atoms with Crippen molar-refractivity contribution in [2.75, 3.05) is 19.6 Å². The molecule has 112 valence electrons. The van der Waals surface area contributed by atoms with Crippen LogP contribution in [0.25, 0.3) is 0 Å². The van der Waals surface area contributed by atoms with Gasteiger partial charge in [-0.3, -0.25) is 9.58 Å². The van der Waals surface area contributed by atoms with Gasteiger partial charge in [0.15, 0.2) is 0 Å². The zero-order chi connectivity index (χ0) is 13.9. The van der Waals surface area contributed by atoms with Gasteiger partial charge < -0.3 is 5.32 Å². The Balaban J connectivity index is 1.65. The van der Waals surface area contributed by atoms with E-state index in [1.165, 1.54) is 50.9 Å². The molecule has 3 rings (SSSR count). The number of piperidine rings is 1. The maximum absolute atomic E-state index is 4.44. The first-order valence-corrected chi connectivity index (χ1v) is 8.26. The first-order valence-electron chi connectivity index (χ1n) is 8.26. The highest BCUT2D eigenvalue weighted by Gasteiger charge is 2.34. The summed E-state index contributed by atoms with van der Waals surface area (Å²) in [6.07, 6.45) is 9.77. The summed E-state index contributed by atoms with van der Waals surface area (Å²) in [5.74, 6) is 0.827. The van der Waals surface area contributed by atoms with Crippen molar-refractivity contribution in [3.63, 3.8) is 0 Å². The normalized spacial score (nSPS) is 25.1. The molecule has 0 spiro atoms. The Morgan fingerprint density at radius 2 is 2.30 bits per heavy atom. The summed E-state index contributed by atoms with van der Waals surface area (Å²) in [5, 5.41) is 7.99. The van der Waals surface area contributed by atoms with Crippen LogP contribution in [0.3, 0.4) is 0 Å². The lowest BCUT2D eigenvalue weighted by atomic mass is 9.97. The molecule has 2 atom stereocenters. The SMILES string of the molecule is CCn1cc(C(C)N(CC2CCCNC2)C2CC2)cn1. The van der Waals surface area contributed by atoms with E-state index in [0.717, 1.165) is 18.5 Å². The lowest BCUT2D eigenvalue weighted by Crippen LogP contribution is -2.40. The van der Waals surface area contributed by atoms with E-state index in [-0.39, 0.29) is 0 Å². The number of nitrogens with one attached hydrogen (secondary N) is 1. The lowest BCUT2D eigenvalue weighted by molar-refractivity contribution is 0.154. The molecule has 2 aliphatic rings. The average molecular weight is 276 g/mol. The van der Waals surface area contributed by atoms with Crippen molar-refractivity contribution in [3.05, 3.63) is 18.0 Å². The summed E-state index contributed by atoms with van der Waals surface area (Å²) in [6, 6.07) is 1.32. The summed E-state index contributed by atoms with van der Waals surface area (Å²) < 4.78 is 2.04. The average Bonchev–Trinajstić information content (AvgIpc) is 3.21. The third-order valence-corrected chi connectivity index (χ3v) is 4.84. The van der Waals surface area contributed by atoms with Crippen LogP contribution in [0.15, 0.2) is 12.4 Å². The van der Waals surface area contributed by atoms with Crippen molar-refractivity contribution in [2.45, 2.75) is 58.2 Å². The van der Waals surface area contributed by atoms with Crippen LogP contribution in [0.2, 0.25) is 0 Å². The first-order chi connectivity index (χ1) is 9.78. The molecule has 1 saturated carbocycles. The smallest absolute Gasteiger partial charge is 0.0537 e. The van der Waals surface area contributed by atoms with Gasteiger partial charge in [-0.1, -0.05) is 0 Å². The Morgan fingerprint density at radius 3 is 2.90 bits per heavy atom. The van der Waals surface area contributed by atoms with Crippen LogP contribution < -0.4 is 5.32 Å². The standard InChI is InChI=1S/C16H28N4/c1-3-19-12-15(10-18-19)13(2)20(16-6-7-16)11-14-5-4-8-17-9-14/h10,12-14,16-17H,3-9,11H2,1-2H3.